The summed E-state index contributed by atoms with van der Waals surface area (Å²) in [6.45, 7) is 6.13. The fourth-order valence-corrected chi connectivity index (χ4v) is 3.75. The third-order valence-electron chi connectivity index (χ3n) is 4.78. The molecule has 2 unspecified atom stereocenters. The highest BCUT2D eigenvalue weighted by Gasteiger charge is 2.42. The number of nitrogens with one attached hydrogen (secondary N) is 2. The summed E-state index contributed by atoms with van der Waals surface area (Å²) in [4.78, 5) is 13.0. The van der Waals surface area contributed by atoms with Crippen LogP contribution in [0.2, 0.25) is 0 Å². The van der Waals surface area contributed by atoms with Gasteiger partial charge in [0.2, 0.25) is 0 Å². The van der Waals surface area contributed by atoms with E-state index in [4.69, 9.17) is 4.42 Å². The van der Waals surface area contributed by atoms with Crippen molar-refractivity contribution in [3.63, 3.8) is 0 Å². The first-order valence-electron chi connectivity index (χ1n) is 8.37. The average Bonchev–Trinajstić information content (AvgIpc) is 2.85. The lowest BCUT2D eigenvalue weighted by Gasteiger charge is -2.34. The van der Waals surface area contributed by atoms with Gasteiger partial charge in [0.25, 0.3) is 0 Å². The Labute approximate surface area is 141 Å². The van der Waals surface area contributed by atoms with Gasteiger partial charge in [0.15, 0.2) is 0 Å². The molecule has 2 atom stereocenters. The number of para-hydroxylation sites is 2. The Bertz CT molecular complexity index is 832. The van der Waals surface area contributed by atoms with E-state index in [9.17, 15) is 4.79 Å². The van der Waals surface area contributed by atoms with Gasteiger partial charge in [-0.05, 0) is 36.6 Å². The monoisotopic (exact) mass is 322 g/mol. The number of allylic oxidation sites excluding steroid dienone is 1. The van der Waals surface area contributed by atoms with Crippen LogP contribution in [0.4, 0.5) is 11.4 Å². The lowest BCUT2D eigenvalue weighted by atomic mass is 9.73. The third kappa shape index (κ3) is 2.52. The van der Waals surface area contributed by atoms with E-state index in [1.165, 1.54) is 0 Å². The lowest BCUT2D eigenvalue weighted by molar-refractivity contribution is -0.124. The number of carbonyl (C=O) groups excluding carboxylic acids is 1. The van der Waals surface area contributed by atoms with Gasteiger partial charge in [0, 0.05) is 12.1 Å². The van der Waals surface area contributed by atoms with Crippen molar-refractivity contribution in [2.45, 2.75) is 33.2 Å². The first-order chi connectivity index (χ1) is 11.4. The number of fused-ring (bicyclic) bond motifs is 2. The zero-order valence-corrected chi connectivity index (χ0v) is 14.2. The first kappa shape index (κ1) is 15.1. The number of hydrogen-bond donors (Lipinski definition) is 2. The van der Waals surface area contributed by atoms with Crippen LogP contribution in [0.15, 0.2) is 52.6 Å². The van der Waals surface area contributed by atoms with Crippen LogP contribution in [0.5, 0.6) is 0 Å². The molecule has 0 radical (unpaired) electrons. The van der Waals surface area contributed by atoms with Gasteiger partial charge in [-0.15, -0.1) is 0 Å². The van der Waals surface area contributed by atoms with E-state index in [0.717, 1.165) is 28.6 Å². The second kappa shape index (κ2) is 5.26. The summed E-state index contributed by atoms with van der Waals surface area (Å²) in [5.41, 5.74) is 2.80. The van der Waals surface area contributed by atoms with E-state index in [1.54, 1.807) is 0 Å². The van der Waals surface area contributed by atoms with Crippen molar-refractivity contribution in [3.8, 4) is 0 Å². The predicted molar refractivity (Wildman–Crippen MR) is 94.9 cm³/mol. The highest BCUT2D eigenvalue weighted by Crippen LogP contribution is 2.45. The molecule has 4 heteroatoms. The van der Waals surface area contributed by atoms with Gasteiger partial charge in [0.05, 0.1) is 23.3 Å². The quantitative estimate of drug-likeness (QED) is 0.801. The molecule has 0 amide bonds. The Morgan fingerprint density at radius 2 is 1.88 bits per heavy atom. The van der Waals surface area contributed by atoms with Crippen LogP contribution in [0, 0.1) is 18.3 Å². The fourth-order valence-electron chi connectivity index (χ4n) is 3.75. The maximum absolute atomic E-state index is 13.0. The van der Waals surface area contributed by atoms with Crippen LogP contribution < -0.4 is 10.6 Å². The minimum absolute atomic E-state index is 0.140. The molecule has 2 aliphatic rings. The van der Waals surface area contributed by atoms with E-state index < -0.39 is 0 Å². The Balaban J connectivity index is 1.87. The Hall–Kier alpha value is -2.49. The van der Waals surface area contributed by atoms with E-state index in [2.05, 4.69) is 30.6 Å². The van der Waals surface area contributed by atoms with Crippen molar-refractivity contribution in [2.75, 3.05) is 10.6 Å². The topological polar surface area (TPSA) is 54.3 Å². The van der Waals surface area contributed by atoms with Crippen LogP contribution in [-0.4, -0.2) is 5.78 Å². The van der Waals surface area contributed by atoms with E-state index >= 15 is 0 Å². The molecule has 4 rings (SSSR count). The maximum Gasteiger partial charge on any atom is 0.145 e. The predicted octanol–water partition coefficient (Wildman–Crippen LogP) is 4.67. The number of aryl methyl sites for hydroxylation is 1. The van der Waals surface area contributed by atoms with Crippen LogP contribution in [0.1, 0.15) is 37.8 Å². The molecule has 2 heterocycles. The number of hydrogen-bond acceptors (Lipinski definition) is 4. The second-order valence-corrected chi connectivity index (χ2v) is 7.45. The van der Waals surface area contributed by atoms with Crippen LogP contribution in [-0.2, 0) is 4.79 Å². The minimum Gasteiger partial charge on any atom is -0.464 e. The standard InChI is InChI=1S/C20H22N2O2/c1-12-8-9-17(24-12)19-18-15(10-20(2,3)11-16(18)23)21-13-6-4-5-7-14(13)22-19/h4-10,18-19,21-22H,11H2,1-3H3. The molecule has 124 valence electrons. The lowest BCUT2D eigenvalue weighted by Crippen LogP contribution is -2.36. The van der Waals surface area contributed by atoms with Gasteiger partial charge in [-0.1, -0.05) is 32.1 Å². The Morgan fingerprint density at radius 3 is 2.58 bits per heavy atom. The molecular formula is C20H22N2O2. The summed E-state index contributed by atoms with van der Waals surface area (Å²) in [5.74, 6) is 1.63. The summed E-state index contributed by atoms with van der Waals surface area (Å²) in [6, 6.07) is 11.8. The normalized spacial score (nSPS) is 24.8. The van der Waals surface area contributed by atoms with Crippen molar-refractivity contribution < 1.29 is 9.21 Å². The average molecular weight is 322 g/mol. The summed E-state index contributed by atoms with van der Waals surface area (Å²) < 4.78 is 5.87. The molecule has 0 saturated heterocycles. The van der Waals surface area contributed by atoms with Crippen molar-refractivity contribution >= 4 is 17.2 Å². The highest BCUT2D eigenvalue weighted by atomic mass is 16.3. The molecule has 24 heavy (non-hydrogen) atoms. The second-order valence-electron chi connectivity index (χ2n) is 7.45. The van der Waals surface area contributed by atoms with E-state index in [-0.39, 0.29) is 23.2 Å². The van der Waals surface area contributed by atoms with Gasteiger partial charge in [-0.3, -0.25) is 4.79 Å². The van der Waals surface area contributed by atoms with Gasteiger partial charge in [-0.2, -0.15) is 0 Å². The van der Waals surface area contributed by atoms with Gasteiger partial charge < -0.3 is 15.1 Å². The van der Waals surface area contributed by atoms with Crippen LogP contribution >= 0.6 is 0 Å². The number of furan rings is 1. The SMILES string of the molecule is Cc1ccc(C2Nc3ccccc3NC3=CC(C)(C)CC(=O)C32)o1. The largest absolute Gasteiger partial charge is 0.464 e. The highest BCUT2D eigenvalue weighted by molar-refractivity contribution is 5.90. The Morgan fingerprint density at radius 1 is 1.12 bits per heavy atom. The summed E-state index contributed by atoms with van der Waals surface area (Å²) in [5, 5.41) is 7.02. The molecule has 1 aromatic carbocycles. The maximum atomic E-state index is 13.0. The summed E-state index contributed by atoms with van der Waals surface area (Å²) in [7, 11) is 0. The minimum atomic E-state index is -0.268. The fraction of sp³-hybridized carbons (Fsp3) is 0.350. The number of rotatable bonds is 1. The van der Waals surface area contributed by atoms with E-state index in [0.29, 0.717) is 6.42 Å². The van der Waals surface area contributed by atoms with Gasteiger partial charge >= 0.3 is 0 Å². The van der Waals surface area contributed by atoms with Crippen LogP contribution in [0.25, 0.3) is 0 Å². The first-order valence-corrected chi connectivity index (χ1v) is 8.37. The zero-order chi connectivity index (χ0) is 16.9. The number of anilines is 2. The van der Waals surface area contributed by atoms with Crippen molar-refractivity contribution in [1.82, 2.24) is 0 Å². The van der Waals surface area contributed by atoms with Crippen molar-refractivity contribution in [2.24, 2.45) is 11.3 Å². The molecule has 1 aromatic heterocycles. The number of Topliss-reactive ketones (excluding diaryl/α,β-unsaturated/α-hetero) is 1. The molecular weight excluding hydrogens is 300 g/mol. The molecule has 1 aliphatic carbocycles. The van der Waals surface area contributed by atoms with Crippen LogP contribution in [0.3, 0.4) is 0 Å². The number of carbonyl (C=O) groups is 1. The molecule has 0 bridgehead atoms. The van der Waals surface area contributed by atoms with Gasteiger partial charge in [-0.25, -0.2) is 0 Å². The smallest absolute Gasteiger partial charge is 0.145 e. The zero-order valence-electron chi connectivity index (χ0n) is 14.2. The molecule has 1 aliphatic heterocycles. The number of ketones is 1. The van der Waals surface area contributed by atoms with Crippen molar-refractivity contribution in [3.05, 3.63) is 59.7 Å². The van der Waals surface area contributed by atoms with Crippen molar-refractivity contribution in [1.29, 1.82) is 0 Å². The molecule has 0 fully saturated rings. The molecule has 2 N–H and O–H groups in total. The third-order valence-corrected chi connectivity index (χ3v) is 4.78. The Kier molecular flexibility index (Phi) is 3.30. The molecule has 4 nitrogen and oxygen atoms in total. The van der Waals surface area contributed by atoms with Gasteiger partial charge in [0.1, 0.15) is 17.3 Å². The molecule has 0 spiro atoms. The number of benzene rings is 1. The summed E-state index contributed by atoms with van der Waals surface area (Å²) in [6.07, 6.45) is 2.74. The molecule has 0 saturated carbocycles. The molecule has 2 aromatic rings. The summed E-state index contributed by atoms with van der Waals surface area (Å²) >= 11 is 0. The van der Waals surface area contributed by atoms with E-state index in [1.807, 2.05) is 43.3 Å².